The molecule has 27 heavy (non-hydrogen) atoms. The lowest BCUT2D eigenvalue weighted by molar-refractivity contribution is -0.133. The van der Waals surface area contributed by atoms with Crippen molar-refractivity contribution in [2.24, 2.45) is 7.05 Å². The number of anilines is 1. The molecule has 2 aromatic rings. The fourth-order valence-electron chi connectivity index (χ4n) is 4.32. The molecule has 2 fully saturated rings. The van der Waals surface area contributed by atoms with Crippen LogP contribution in [0.4, 0.5) is 5.69 Å². The normalized spacial score (nSPS) is 21.0. The Hall–Kier alpha value is -2.47. The summed E-state index contributed by atoms with van der Waals surface area (Å²) in [6.45, 7) is 4.67. The first-order chi connectivity index (χ1) is 13.1. The maximum absolute atomic E-state index is 12.9. The number of rotatable bonds is 4. The predicted molar refractivity (Wildman–Crippen MR) is 106 cm³/mol. The topological polar surface area (TPSA) is 52.0 Å². The summed E-state index contributed by atoms with van der Waals surface area (Å²) >= 11 is 0. The van der Waals surface area contributed by atoms with Crippen LogP contribution in [-0.2, 0) is 11.8 Å². The van der Waals surface area contributed by atoms with Gasteiger partial charge in [-0.05, 0) is 55.8 Å². The molecule has 0 radical (unpaired) electrons. The van der Waals surface area contributed by atoms with Crippen LogP contribution in [0.5, 0.6) is 5.75 Å². The van der Waals surface area contributed by atoms with E-state index in [0.29, 0.717) is 12.6 Å². The predicted octanol–water partition coefficient (Wildman–Crippen LogP) is 2.22. The summed E-state index contributed by atoms with van der Waals surface area (Å²) in [7, 11) is 2.08. The van der Waals surface area contributed by atoms with Crippen molar-refractivity contribution in [3.8, 4) is 5.75 Å². The fraction of sp³-hybridized carbons (Fsp3) is 0.476. The molecule has 0 saturated carbocycles. The second-order valence-electron chi connectivity index (χ2n) is 7.56. The van der Waals surface area contributed by atoms with Gasteiger partial charge >= 0.3 is 0 Å². The standard InChI is InChI=1S/C21H28N4O2/c1-22-10-2-4-19(22)20-5-3-11-25(20)16-21(27)24-14-12-23(13-15-24)17-6-8-18(26)9-7-17/h2,4,6-10,20,26H,3,5,11-16H2,1H3/t20-/m0/s1. The van der Waals surface area contributed by atoms with Gasteiger partial charge in [-0.2, -0.15) is 0 Å². The lowest BCUT2D eigenvalue weighted by atomic mass is 10.1. The molecule has 2 saturated heterocycles. The Morgan fingerprint density at radius 2 is 1.81 bits per heavy atom. The number of hydrogen-bond acceptors (Lipinski definition) is 4. The number of aryl methyl sites for hydroxylation is 1. The highest BCUT2D eigenvalue weighted by molar-refractivity contribution is 5.78. The van der Waals surface area contributed by atoms with Crippen LogP contribution >= 0.6 is 0 Å². The van der Waals surface area contributed by atoms with Gasteiger partial charge in [0.15, 0.2) is 0 Å². The summed E-state index contributed by atoms with van der Waals surface area (Å²) in [6.07, 6.45) is 4.35. The van der Waals surface area contributed by atoms with Gasteiger partial charge in [-0.25, -0.2) is 0 Å². The molecule has 6 heteroatoms. The van der Waals surface area contributed by atoms with E-state index in [1.807, 2.05) is 17.0 Å². The minimum atomic E-state index is 0.237. The molecule has 6 nitrogen and oxygen atoms in total. The monoisotopic (exact) mass is 368 g/mol. The quantitative estimate of drug-likeness (QED) is 0.899. The summed E-state index contributed by atoms with van der Waals surface area (Å²) < 4.78 is 2.17. The molecule has 0 unspecified atom stereocenters. The lowest BCUT2D eigenvalue weighted by Crippen LogP contribution is -2.51. The number of carbonyl (C=O) groups is 1. The van der Waals surface area contributed by atoms with E-state index in [2.05, 4.69) is 39.7 Å². The number of carbonyl (C=O) groups excluding carboxylic acids is 1. The summed E-state index contributed by atoms with van der Waals surface area (Å²) in [5.74, 6) is 0.521. The molecule has 4 rings (SSSR count). The van der Waals surface area contributed by atoms with Crippen LogP contribution in [0.3, 0.4) is 0 Å². The molecule has 2 aliphatic rings. The van der Waals surface area contributed by atoms with E-state index in [1.165, 1.54) is 5.69 Å². The largest absolute Gasteiger partial charge is 0.508 e. The van der Waals surface area contributed by atoms with E-state index in [9.17, 15) is 9.90 Å². The van der Waals surface area contributed by atoms with Crippen LogP contribution < -0.4 is 4.90 Å². The van der Waals surface area contributed by atoms with Crippen molar-refractivity contribution in [2.45, 2.75) is 18.9 Å². The minimum Gasteiger partial charge on any atom is -0.508 e. The Morgan fingerprint density at radius 1 is 1.07 bits per heavy atom. The lowest BCUT2D eigenvalue weighted by Gasteiger charge is -2.37. The van der Waals surface area contributed by atoms with Gasteiger partial charge in [-0.1, -0.05) is 0 Å². The molecule has 2 aliphatic heterocycles. The van der Waals surface area contributed by atoms with Crippen LogP contribution in [0.15, 0.2) is 42.6 Å². The first kappa shape index (κ1) is 17.9. The second kappa shape index (κ2) is 7.64. The second-order valence-corrected chi connectivity index (χ2v) is 7.56. The number of aromatic nitrogens is 1. The number of benzene rings is 1. The third-order valence-corrected chi connectivity index (χ3v) is 5.87. The summed E-state index contributed by atoms with van der Waals surface area (Å²) in [5, 5.41) is 9.44. The van der Waals surface area contributed by atoms with E-state index in [0.717, 1.165) is 51.3 Å². The first-order valence-electron chi connectivity index (χ1n) is 9.79. The molecule has 0 bridgehead atoms. The van der Waals surface area contributed by atoms with Crippen LogP contribution in [0, 0.1) is 0 Å². The van der Waals surface area contributed by atoms with Crippen molar-refractivity contribution >= 4 is 11.6 Å². The Bertz CT molecular complexity index is 778. The van der Waals surface area contributed by atoms with Crippen LogP contribution in [0.2, 0.25) is 0 Å². The molecule has 1 N–H and O–H groups in total. The number of phenolic OH excluding ortho intramolecular Hbond substituents is 1. The third kappa shape index (κ3) is 3.81. The van der Waals surface area contributed by atoms with Gasteiger partial charge in [-0.3, -0.25) is 9.69 Å². The molecule has 1 atom stereocenters. The van der Waals surface area contributed by atoms with E-state index in [1.54, 1.807) is 12.1 Å². The average Bonchev–Trinajstić information content (AvgIpc) is 3.31. The maximum atomic E-state index is 12.9. The van der Waals surface area contributed by atoms with E-state index in [4.69, 9.17) is 0 Å². The zero-order chi connectivity index (χ0) is 18.8. The average molecular weight is 368 g/mol. The molecular formula is C21H28N4O2. The van der Waals surface area contributed by atoms with Gasteiger partial charge in [0.2, 0.25) is 5.91 Å². The van der Waals surface area contributed by atoms with Crippen LogP contribution in [-0.4, -0.2) is 64.6 Å². The number of likely N-dealkylation sites (tertiary alicyclic amines) is 1. The van der Waals surface area contributed by atoms with Crippen molar-refractivity contribution in [1.82, 2.24) is 14.4 Å². The molecule has 1 aromatic heterocycles. The summed E-state index contributed by atoms with van der Waals surface area (Å²) in [5.41, 5.74) is 2.40. The van der Waals surface area contributed by atoms with Gasteiger partial charge in [0, 0.05) is 50.8 Å². The number of hydrogen-bond donors (Lipinski definition) is 1. The van der Waals surface area contributed by atoms with Crippen molar-refractivity contribution in [1.29, 1.82) is 0 Å². The van der Waals surface area contributed by atoms with Gasteiger partial charge in [0.05, 0.1) is 12.6 Å². The van der Waals surface area contributed by atoms with Crippen LogP contribution in [0.25, 0.3) is 0 Å². The smallest absolute Gasteiger partial charge is 0.236 e. The molecule has 0 aliphatic carbocycles. The van der Waals surface area contributed by atoms with E-state index < -0.39 is 0 Å². The molecule has 0 spiro atoms. The van der Waals surface area contributed by atoms with Crippen molar-refractivity contribution in [2.75, 3.05) is 44.2 Å². The number of phenols is 1. The van der Waals surface area contributed by atoms with Crippen molar-refractivity contribution in [3.05, 3.63) is 48.3 Å². The molecule has 3 heterocycles. The Kier molecular flexibility index (Phi) is 5.07. The number of piperazine rings is 1. The van der Waals surface area contributed by atoms with E-state index >= 15 is 0 Å². The van der Waals surface area contributed by atoms with Gasteiger partial charge in [0.1, 0.15) is 5.75 Å². The van der Waals surface area contributed by atoms with Crippen LogP contribution in [0.1, 0.15) is 24.6 Å². The molecule has 1 amide bonds. The van der Waals surface area contributed by atoms with E-state index in [-0.39, 0.29) is 11.7 Å². The van der Waals surface area contributed by atoms with Crippen molar-refractivity contribution < 1.29 is 9.90 Å². The Balaban J connectivity index is 1.33. The SMILES string of the molecule is Cn1cccc1[C@@H]1CCCN1CC(=O)N1CCN(c2ccc(O)cc2)CC1. The third-order valence-electron chi connectivity index (χ3n) is 5.87. The molecular weight excluding hydrogens is 340 g/mol. The minimum absolute atomic E-state index is 0.237. The first-order valence-corrected chi connectivity index (χ1v) is 9.79. The van der Waals surface area contributed by atoms with Gasteiger partial charge in [0.25, 0.3) is 0 Å². The number of aromatic hydroxyl groups is 1. The Morgan fingerprint density at radius 3 is 2.48 bits per heavy atom. The summed E-state index contributed by atoms with van der Waals surface area (Å²) in [4.78, 5) is 19.5. The number of nitrogens with zero attached hydrogens (tertiary/aromatic N) is 4. The highest BCUT2D eigenvalue weighted by atomic mass is 16.3. The van der Waals surface area contributed by atoms with Gasteiger partial charge < -0.3 is 19.5 Å². The highest BCUT2D eigenvalue weighted by Crippen LogP contribution is 2.31. The van der Waals surface area contributed by atoms with Crippen molar-refractivity contribution in [3.63, 3.8) is 0 Å². The van der Waals surface area contributed by atoms with Gasteiger partial charge in [-0.15, -0.1) is 0 Å². The fourth-order valence-corrected chi connectivity index (χ4v) is 4.32. The maximum Gasteiger partial charge on any atom is 0.236 e. The Labute approximate surface area is 160 Å². The number of amides is 1. The molecule has 1 aromatic carbocycles. The molecule has 144 valence electrons. The summed E-state index contributed by atoms with van der Waals surface area (Å²) in [6, 6.07) is 11.9. The highest BCUT2D eigenvalue weighted by Gasteiger charge is 2.31. The zero-order valence-corrected chi connectivity index (χ0v) is 15.9. The zero-order valence-electron chi connectivity index (χ0n) is 15.9.